The van der Waals surface area contributed by atoms with Gasteiger partial charge in [0.15, 0.2) is 0 Å². The van der Waals surface area contributed by atoms with Crippen molar-refractivity contribution in [3.8, 4) is 0 Å². The van der Waals surface area contributed by atoms with E-state index in [1.165, 1.54) is 0 Å². The van der Waals surface area contributed by atoms with Gasteiger partial charge in [0.05, 0.1) is 31.5 Å². The van der Waals surface area contributed by atoms with Crippen LogP contribution in [0.1, 0.15) is 44.5 Å². The second-order valence-corrected chi connectivity index (χ2v) is 8.59. The van der Waals surface area contributed by atoms with E-state index in [0.29, 0.717) is 44.3 Å². The molecule has 0 bridgehead atoms. The molecule has 2 atom stereocenters. The molecule has 1 amide bonds. The minimum atomic E-state index is -0.515. The largest absolute Gasteiger partial charge is 0.389 e. The maximum absolute atomic E-state index is 13.0. The standard InChI is InChI=1S/C23H38N2O4/c1-18(2)10-11-25(23(27)20-8-6-5-7-9-20)16-22-15-24(12-13-28-22)14-21(26)17-29-19(3)4/h5-9,18-19,21-22,26H,10-17H2,1-4H3/t21-,22-/m1/s1. The van der Waals surface area contributed by atoms with Crippen molar-refractivity contribution in [2.75, 3.05) is 45.9 Å². The smallest absolute Gasteiger partial charge is 0.253 e. The summed E-state index contributed by atoms with van der Waals surface area (Å²) in [6, 6.07) is 9.44. The van der Waals surface area contributed by atoms with Crippen LogP contribution in [-0.2, 0) is 9.47 Å². The quantitative estimate of drug-likeness (QED) is 0.612. The van der Waals surface area contributed by atoms with Gasteiger partial charge in [-0.2, -0.15) is 0 Å². The number of morpholine rings is 1. The molecule has 0 aromatic heterocycles. The lowest BCUT2D eigenvalue weighted by Crippen LogP contribution is -2.51. The lowest BCUT2D eigenvalue weighted by Gasteiger charge is -2.36. The van der Waals surface area contributed by atoms with E-state index in [9.17, 15) is 9.90 Å². The zero-order valence-electron chi connectivity index (χ0n) is 18.4. The first kappa shape index (κ1) is 23.8. The van der Waals surface area contributed by atoms with Gasteiger partial charge < -0.3 is 19.5 Å². The normalized spacial score (nSPS) is 18.9. The number of aliphatic hydroxyl groups excluding tert-OH is 1. The van der Waals surface area contributed by atoms with Crippen LogP contribution < -0.4 is 0 Å². The van der Waals surface area contributed by atoms with Gasteiger partial charge in [-0.15, -0.1) is 0 Å². The average molecular weight is 407 g/mol. The molecule has 0 unspecified atom stereocenters. The predicted molar refractivity (Wildman–Crippen MR) is 115 cm³/mol. The highest BCUT2D eigenvalue weighted by molar-refractivity contribution is 5.94. The zero-order chi connectivity index (χ0) is 21.2. The second-order valence-electron chi connectivity index (χ2n) is 8.59. The molecule has 1 N–H and O–H groups in total. The van der Waals surface area contributed by atoms with Crippen molar-refractivity contribution in [3.63, 3.8) is 0 Å². The molecule has 0 saturated carbocycles. The van der Waals surface area contributed by atoms with Crippen LogP contribution in [0.25, 0.3) is 0 Å². The first-order valence-corrected chi connectivity index (χ1v) is 10.8. The molecular formula is C23H38N2O4. The molecule has 29 heavy (non-hydrogen) atoms. The van der Waals surface area contributed by atoms with Gasteiger partial charge in [-0.3, -0.25) is 9.69 Å². The SMILES string of the molecule is CC(C)CCN(C[C@H]1CN(C[C@@H](O)COC(C)C)CCO1)C(=O)c1ccccc1. The van der Waals surface area contributed by atoms with Gasteiger partial charge in [0.2, 0.25) is 0 Å². The summed E-state index contributed by atoms with van der Waals surface area (Å²) in [5.41, 5.74) is 0.713. The average Bonchev–Trinajstić information content (AvgIpc) is 2.70. The number of aliphatic hydroxyl groups is 1. The molecule has 164 valence electrons. The number of β-amino-alcohol motifs (C(OH)–C–C–N with tert-alkyl or cyclic N) is 1. The van der Waals surface area contributed by atoms with Crippen molar-refractivity contribution in [1.82, 2.24) is 9.80 Å². The van der Waals surface area contributed by atoms with Crippen LogP contribution in [0.2, 0.25) is 0 Å². The number of rotatable bonds is 11. The van der Waals surface area contributed by atoms with Crippen LogP contribution in [0.5, 0.6) is 0 Å². The third-order valence-electron chi connectivity index (χ3n) is 5.02. The van der Waals surface area contributed by atoms with E-state index in [1.54, 1.807) is 0 Å². The van der Waals surface area contributed by atoms with Gasteiger partial charge in [0, 0.05) is 38.3 Å². The number of hydrogen-bond acceptors (Lipinski definition) is 5. The van der Waals surface area contributed by atoms with Crippen LogP contribution in [0.3, 0.4) is 0 Å². The maximum atomic E-state index is 13.0. The first-order chi connectivity index (χ1) is 13.8. The molecule has 1 fully saturated rings. The Morgan fingerprint density at radius 1 is 1.28 bits per heavy atom. The van der Waals surface area contributed by atoms with Gasteiger partial charge in [0.1, 0.15) is 0 Å². The number of nitrogens with zero attached hydrogens (tertiary/aromatic N) is 2. The van der Waals surface area contributed by atoms with Crippen LogP contribution in [0.4, 0.5) is 0 Å². The third-order valence-corrected chi connectivity index (χ3v) is 5.02. The molecule has 1 aliphatic heterocycles. The van der Waals surface area contributed by atoms with Crippen LogP contribution in [-0.4, -0.2) is 85.1 Å². The van der Waals surface area contributed by atoms with Crippen LogP contribution in [0, 0.1) is 5.92 Å². The van der Waals surface area contributed by atoms with Crippen LogP contribution >= 0.6 is 0 Å². The molecule has 1 saturated heterocycles. The molecule has 0 radical (unpaired) electrons. The lowest BCUT2D eigenvalue weighted by atomic mass is 10.1. The summed E-state index contributed by atoms with van der Waals surface area (Å²) < 4.78 is 11.5. The highest BCUT2D eigenvalue weighted by Gasteiger charge is 2.26. The monoisotopic (exact) mass is 406 g/mol. The number of amides is 1. The molecule has 0 aliphatic carbocycles. The Bertz CT molecular complexity index is 594. The molecule has 1 aliphatic rings. The van der Waals surface area contributed by atoms with E-state index in [0.717, 1.165) is 19.5 Å². The summed E-state index contributed by atoms with van der Waals surface area (Å²) in [5.74, 6) is 0.582. The summed E-state index contributed by atoms with van der Waals surface area (Å²) in [6.45, 7) is 12.6. The summed E-state index contributed by atoms with van der Waals surface area (Å²) >= 11 is 0. The fourth-order valence-electron chi connectivity index (χ4n) is 3.41. The van der Waals surface area contributed by atoms with E-state index in [4.69, 9.17) is 9.47 Å². The van der Waals surface area contributed by atoms with Crippen molar-refractivity contribution < 1.29 is 19.4 Å². The van der Waals surface area contributed by atoms with E-state index in [-0.39, 0.29) is 18.1 Å². The minimum Gasteiger partial charge on any atom is -0.389 e. The summed E-state index contributed by atoms with van der Waals surface area (Å²) in [7, 11) is 0. The van der Waals surface area contributed by atoms with Crippen LogP contribution in [0.15, 0.2) is 30.3 Å². The van der Waals surface area contributed by atoms with Crippen molar-refractivity contribution in [2.24, 2.45) is 5.92 Å². The Balaban J connectivity index is 1.93. The predicted octanol–water partition coefficient (Wildman–Crippen LogP) is 2.66. The van der Waals surface area contributed by atoms with Gasteiger partial charge in [-0.1, -0.05) is 32.0 Å². The fraction of sp³-hybridized carbons (Fsp3) is 0.696. The first-order valence-electron chi connectivity index (χ1n) is 10.8. The summed E-state index contributed by atoms with van der Waals surface area (Å²) in [4.78, 5) is 17.2. The summed E-state index contributed by atoms with van der Waals surface area (Å²) in [6.07, 6.45) is 0.502. The topological polar surface area (TPSA) is 62.2 Å². The fourth-order valence-corrected chi connectivity index (χ4v) is 3.41. The van der Waals surface area contributed by atoms with E-state index in [1.807, 2.05) is 49.1 Å². The maximum Gasteiger partial charge on any atom is 0.253 e. The number of carbonyl (C=O) groups is 1. The van der Waals surface area contributed by atoms with E-state index >= 15 is 0 Å². The van der Waals surface area contributed by atoms with E-state index < -0.39 is 6.10 Å². The van der Waals surface area contributed by atoms with Crippen molar-refractivity contribution in [2.45, 2.75) is 52.4 Å². The Morgan fingerprint density at radius 2 is 2.00 bits per heavy atom. The molecule has 1 heterocycles. The minimum absolute atomic E-state index is 0.0531. The van der Waals surface area contributed by atoms with Crippen molar-refractivity contribution in [1.29, 1.82) is 0 Å². The number of benzene rings is 1. The highest BCUT2D eigenvalue weighted by Crippen LogP contribution is 2.13. The number of carbonyl (C=O) groups excluding carboxylic acids is 1. The van der Waals surface area contributed by atoms with Gasteiger partial charge in [0.25, 0.3) is 5.91 Å². The molecule has 1 aromatic carbocycles. The molecule has 1 aromatic rings. The van der Waals surface area contributed by atoms with Crippen molar-refractivity contribution in [3.05, 3.63) is 35.9 Å². The van der Waals surface area contributed by atoms with Gasteiger partial charge in [-0.25, -0.2) is 0 Å². The molecular weight excluding hydrogens is 368 g/mol. The van der Waals surface area contributed by atoms with Gasteiger partial charge >= 0.3 is 0 Å². The number of hydrogen-bond donors (Lipinski definition) is 1. The molecule has 0 spiro atoms. The number of ether oxygens (including phenoxy) is 2. The van der Waals surface area contributed by atoms with Crippen molar-refractivity contribution >= 4 is 5.91 Å². The molecule has 6 heteroatoms. The second kappa shape index (κ2) is 12.3. The highest BCUT2D eigenvalue weighted by atomic mass is 16.5. The van der Waals surface area contributed by atoms with E-state index in [2.05, 4.69) is 18.7 Å². The Hall–Kier alpha value is -1.47. The Kier molecular flexibility index (Phi) is 10.1. The summed E-state index contributed by atoms with van der Waals surface area (Å²) in [5, 5.41) is 10.2. The molecule has 6 nitrogen and oxygen atoms in total. The Labute approximate surface area is 175 Å². The lowest BCUT2D eigenvalue weighted by molar-refractivity contribution is -0.0628. The van der Waals surface area contributed by atoms with Gasteiger partial charge in [-0.05, 0) is 38.3 Å². The molecule has 2 rings (SSSR count). The Morgan fingerprint density at radius 3 is 2.66 bits per heavy atom. The zero-order valence-corrected chi connectivity index (χ0v) is 18.4. The third kappa shape index (κ3) is 8.83.